The maximum absolute atomic E-state index is 11.7. The van der Waals surface area contributed by atoms with Crippen LogP contribution in [0.25, 0.3) is 0 Å². The lowest BCUT2D eigenvalue weighted by Gasteiger charge is -2.14. The van der Waals surface area contributed by atoms with Crippen LogP contribution in [0.2, 0.25) is 0 Å². The normalized spacial score (nSPS) is 13.2. The van der Waals surface area contributed by atoms with Crippen molar-refractivity contribution in [1.82, 2.24) is 10.0 Å². The van der Waals surface area contributed by atoms with Gasteiger partial charge in [0.05, 0.1) is 0 Å². The van der Waals surface area contributed by atoms with E-state index in [0.29, 0.717) is 0 Å². The summed E-state index contributed by atoms with van der Waals surface area (Å²) in [5, 5.41) is 2.39. The third kappa shape index (κ3) is 4.56. The highest BCUT2D eigenvalue weighted by Crippen LogP contribution is 2.23. The number of para-hydroxylation sites is 1. The number of sulfone groups is 1. The minimum atomic E-state index is -3.57. The van der Waals surface area contributed by atoms with Gasteiger partial charge in [-0.3, -0.25) is 5.32 Å². The molecule has 0 spiro atoms. The van der Waals surface area contributed by atoms with Crippen LogP contribution in [0.15, 0.2) is 29.2 Å². The Morgan fingerprint density at radius 3 is 2.40 bits per heavy atom. The summed E-state index contributed by atoms with van der Waals surface area (Å²) < 4.78 is 51.0. The van der Waals surface area contributed by atoms with Crippen LogP contribution in [0.5, 0.6) is 5.75 Å². The molecule has 0 bridgehead atoms. The summed E-state index contributed by atoms with van der Waals surface area (Å²) in [6, 6.07) is 5.56. The maximum Gasteiger partial charge on any atom is 0.344 e. The van der Waals surface area contributed by atoms with Crippen molar-refractivity contribution in [3.8, 4) is 5.75 Å². The molecular formula is C10H14N2O6S2. The first-order valence-electron chi connectivity index (χ1n) is 5.34. The Morgan fingerprint density at radius 2 is 1.90 bits per heavy atom. The van der Waals surface area contributed by atoms with Crippen molar-refractivity contribution >= 4 is 26.7 Å². The number of carbonyl (C=O) groups is 1. The fraction of sp³-hybridized carbons (Fsp3) is 0.300. The molecule has 0 aliphatic heterocycles. The highest BCUT2D eigenvalue weighted by Gasteiger charge is 2.22. The van der Waals surface area contributed by atoms with E-state index in [4.69, 9.17) is 4.74 Å². The number of hydrogen-bond donors (Lipinski definition) is 3. The van der Waals surface area contributed by atoms with Crippen molar-refractivity contribution in [2.24, 2.45) is 0 Å². The second kappa shape index (κ2) is 6.79. The van der Waals surface area contributed by atoms with Crippen molar-refractivity contribution in [3.05, 3.63) is 24.3 Å². The molecule has 1 aromatic rings. The van der Waals surface area contributed by atoms with Gasteiger partial charge in [0.1, 0.15) is 10.6 Å². The van der Waals surface area contributed by atoms with E-state index in [9.17, 15) is 21.6 Å². The second-order valence-corrected chi connectivity index (χ2v) is 6.50. The quantitative estimate of drug-likeness (QED) is 0.257. The molecule has 0 fully saturated rings. The van der Waals surface area contributed by atoms with Gasteiger partial charge in [0, 0.05) is 6.26 Å². The van der Waals surface area contributed by atoms with Crippen LogP contribution in [0, 0.1) is 0 Å². The molecule has 0 saturated heterocycles. The van der Waals surface area contributed by atoms with E-state index in [1.54, 1.807) is 0 Å². The van der Waals surface area contributed by atoms with Gasteiger partial charge < -0.3 is 4.74 Å². The van der Waals surface area contributed by atoms with E-state index in [1.165, 1.54) is 31.3 Å². The molecule has 20 heavy (non-hydrogen) atoms. The molecule has 0 aliphatic carbocycles. The van der Waals surface area contributed by atoms with Crippen molar-refractivity contribution in [2.75, 3.05) is 13.3 Å². The van der Waals surface area contributed by atoms with Gasteiger partial charge in [-0.2, -0.15) is 4.72 Å². The number of esters is 1. The number of nitrogens with one attached hydrogen (secondary N) is 2. The predicted molar refractivity (Wildman–Crippen MR) is 71.5 cm³/mol. The number of benzene rings is 1. The first-order chi connectivity index (χ1) is 9.25. The molecule has 0 aromatic heterocycles. The van der Waals surface area contributed by atoms with Crippen molar-refractivity contribution in [2.45, 2.75) is 11.1 Å². The van der Waals surface area contributed by atoms with Crippen LogP contribution >= 0.6 is 0 Å². The number of hydrogen-bond acceptors (Lipinski definition) is 7. The van der Waals surface area contributed by atoms with Crippen LogP contribution in [-0.2, 0) is 25.5 Å². The minimum Gasteiger partial charge on any atom is -0.423 e. The Labute approximate surface area is 118 Å². The number of ether oxygens (including phenoxy) is 1. The molecule has 0 radical (unpaired) electrons. The monoisotopic (exact) mass is 322 g/mol. The molecular weight excluding hydrogens is 308 g/mol. The van der Waals surface area contributed by atoms with Crippen LogP contribution in [0.1, 0.15) is 0 Å². The summed E-state index contributed by atoms with van der Waals surface area (Å²) in [5.41, 5.74) is 0. The number of rotatable bonds is 6. The molecule has 1 unspecified atom stereocenters. The van der Waals surface area contributed by atoms with E-state index in [1.807, 2.05) is 4.72 Å². The molecule has 8 nitrogen and oxygen atoms in total. The Morgan fingerprint density at radius 1 is 1.30 bits per heavy atom. The fourth-order valence-corrected chi connectivity index (χ4v) is 2.59. The van der Waals surface area contributed by atoms with Crippen LogP contribution in [-0.4, -0.2) is 42.3 Å². The van der Waals surface area contributed by atoms with Gasteiger partial charge in [-0.15, -0.1) is 0 Å². The van der Waals surface area contributed by atoms with E-state index in [0.717, 1.165) is 6.26 Å². The average Bonchev–Trinajstić information content (AvgIpc) is 2.34. The Hall–Kier alpha value is -1.49. The molecule has 2 N–H and O–H groups in total. The Bertz CT molecular complexity index is 660. The summed E-state index contributed by atoms with van der Waals surface area (Å²) in [5.74, 6) is -1.13. The van der Waals surface area contributed by atoms with E-state index >= 15 is 0 Å². The Balaban J connectivity index is 3.02. The van der Waals surface area contributed by atoms with Gasteiger partial charge in [-0.1, -0.05) is 12.1 Å². The third-order valence-electron chi connectivity index (χ3n) is 2.22. The summed E-state index contributed by atoms with van der Waals surface area (Å²) in [4.78, 5) is 11.6. The zero-order chi connectivity index (χ0) is 15.3. The zero-order valence-electron chi connectivity index (χ0n) is 10.7. The molecule has 1 atom stereocenters. The standard InChI is InChI=1S/C10H14N2O6S2/c1-11-9(12-19(14)15)10(13)18-7-5-3-4-6-8(7)20(2,16)17/h3-6,9,11,19H,1-2H3,(H,12,14,15). The van der Waals surface area contributed by atoms with Gasteiger partial charge in [0.25, 0.3) is 0 Å². The summed E-state index contributed by atoms with van der Waals surface area (Å²) in [6.07, 6.45) is -0.328. The van der Waals surface area contributed by atoms with Crippen LogP contribution in [0.4, 0.5) is 0 Å². The fourth-order valence-electron chi connectivity index (χ4n) is 1.35. The largest absolute Gasteiger partial charge is 0.423 e. The second-order valence-electron chi connectivity index (χ2n) is 3.75. The first-order valence-corrected chi connectivity index (χ1v) is 8.41. The van der Waals surface area contributed by atoms with E-state index in [2.05, 4.69) is 5.32 Å². The highest BCUT2D eigenvalue weighted by atomic mass is 32.2. The Kier molecular flexibility index (Phi) is 5.62. The molecule has 0 aliphatic rings. The van der Waals surface area contributed by atoms with Gasteiger partial charge in [0.15, 0.2) is 16.0 Å². The minimum absolute atomic E-state index is 0.158. The van der Waals surface area contributed by atoms with Crippen molar-refractivity contribution in [1.29, 1.82) is 0 Å². The van der Waals surface area contributed by atoms with Gasteiger partial charge in [0.2, 0.25) is 10.9 Å². The van der Waals surface area contributed by atoms with Gasteiger partial charge in [-0.25, -0.2) is 21.6 Å². The molecule has 10 heteroatoms. The van der Waals surface area contributed by atoms with Crippen molar-refractivity contribution in [3.63, 3.8) is 0 Å². The highest BCUT2D eigenvalue weighted by molar-refractivity contribution is 7.90. The van der Waals surface area contributed by atoms with E-state index in [-0.39, 0.29) is 10.6 Å². The van der Waals surface area contributed by atoms with E-state index < -0.39 is 32.9 Å². The summed E-state index contributed by atoms with van der Waals surface area (Å²) >= 11 is 0. The molecule has 1 aromatic carbocycles. The molecule has 112 valence electrons. The summed E-state index contributed by atoms with van der Waals surface area (Å²) in [6.45, 7) is 0. The van der Waals surface area contributed by atoms with Gasteiger partial charge >= 0.3 is 5.97 Å². The molecule has 0 heterocycles. The lowest BCUT2D eigenvalue weighted by atomic mass is 10.3. The number of thiol groups is 1. The van der Waals surface area contributed by atoms with Crippen LogP contribution < -0.4 is 14.8 Å². The maximum atomic E-state index is 11.7. The van der Waals surface area contributed by atoms with Gasteiger partial charge in [-0.05, 0) is 19.2 Å². The lowest BCUT2D eigenvalue weighted by molar-refractivity contribution is -0.137. The molecule has 0 saturated carbocycles. The first kappa shape index (κ1) is 16.6. The SMILES string of the molecule is CNC(N[SH](=O)=O)C(=O)Oc1ccccc1S(C)(=O)=O. The van der Waals surface area contributed by atoms with Crippen molar-refractivity contribution < 1.29 is 26.4 Å². The smallest absolute Gasteiger partial charge is 0.344 e. The zero-order valence-corrected chi connectivity index (χ0v) is 12.4. The summed E-state index contributed by atoms with van der Waals surface area (Å²) in [7, 11) is -5.24. The topological polar surface area (TPSA) is 119 Å². The number of carbonyl (C=O) groups excluding carboxylic acids is 1. The lowest BCUT2D eigenvalue weighted by Crippen LogP contribution is -2.48. The predicted octanol–water partition coefficient (Wildman–Crippen LogP) is -1.34. The van der Waals surface area contributed by atoms with Crippen LogP contribution in [0.3, 0.4) is 0 Å². The number of likely N-dealkylation sites (N-methyl/N-ethyl adjacent to an activating group) is 1. The third-order valence-corrected chi connectivity index (χ3v) is 3.82. The molecule has 0 amide bonds. The average molecular weight is 322 g/mol. The molecule has 1 rings (SSSR count).